The second-order valence-electron chi connectivity index (χ2n) is 8.47. The maximum atomic E-state index is 12.9. The van der Waals surface area contributed by atoms with Crippen molar-refractivity contribution in [3.63, 3.8) is 0 Å². The number of hydrogen-bond acceptors (Lipinski definition) is 4. The van der Waals surface area contributed by atoms with Crippen LogP contribution in [0.15, 0.2) is 35.2 Å². The third-order valence-electron chi connectivity index (χ3n) is 6.15. The van der Waals surface area contributed by atoms with Crippen molar-refractivity contribution in [2.24, 2.45) is 5.92 Å². The van der Waals surface area contributed by atoms with Gasteiger partial charge in [-0.3, -0.25) is 19.3 Å². The number of benzene rings is 1. The Morgan fingerprint density at radius 3 is 2.47 bits per heavy atom. The van der Waals surface area contributed by atoms with Crippen LogP contribution in [0.1, 0.15) is 36.7 Å². The minimum absolute atomic E-state index is 0.165. The molecule has 6 nitrogen and oxygen atoms in total. The summed E-state index contributed by atoms with van der Waals surface area (Å²) in [4.78, 5) is 41.2. The predicted octanol–water partition coefficient (Wildman–Crippen LogP) is 5.04. The standard InChI is InChI=1S/C24H26ClN3O3S/c1-15-8-10-26(11-9-15)22(29)14-27-23(30)21(32-24(27)31)13-18-12-16(2)28(17(18)3)20-6-4-19(25)5-7-20/h4-7,12-13,15H,8-11,14H2,1-3H3/b21-13+. The Hall–Kier alpha value is -2.51. The van der Waals surface area contributed by atoms with Gasteiger partial charge in [0.25, 0.3) is 11.1 Å². The zero-order chi connectivity index (χ0) is 23.0. The van der Waals surface area contributed by atoms with Crippen LogP contribution in [-0.2, 0) is 9.59 Å². The van der Waals surface area contributed by atoms with Gasteiger partial charge in [-0.25, -0.2) is 0 Å². The average Bonchev–Trinajstić information content (AvgIpc) is 3.18. The van der Waals surface area contributed by atoms with Gasteiger partial charge in [0, 0.05) is 35.2 Å². The van der Waals surface area contributed by atoms with Crippen LogP contribution in [0.3, 0.4) is 0 Å². The van der Waals surface area contributed by atoms with E-state index in [2.05, 4.69) is 11.5 Å². The molecule has 32 heavy (non-hydrogen) atoms. The van der Waals surface area contributed by atoms with Gasteiger partial charge in [-0.1, -0.05) is 18.5 Å². The van der Waals surface area contributed by atoms with E-state index in [1.165, 1.54) is 0 Å². The Morgan fingerprint density at radius 2 is 1.81 bits per heavy atom. The summed E-state index contributed by atoms with van der Waals surface area (Å²) in [5.41, 5.74) is 3.79. The first-order chi connectivity index (χ1) is 15.2. The Morgan fingerprint density at radius 1 is 1.16 bits per heavy atom. The molecule has 0 N–H and O–H groups in total. The van der Waals surface area contributed by atoms with E-state index >= 15 is 0 Å². The van der Waals surface area contributed by atoms with Gasteiger partial charge in [-0.2, -0.15) is 0 Å². The number of carbonyl (C=O) groups excluding carboxylic acids is 3. The minimum Gasteiger partial charge on any atom is -0.341 e. The quantitative estimate of drug-likeness (QED) is 0.586. The Bertz CT molecular complexity index is 1100. The molecule has 1 aromatic carbocycles. The van der Waals surface area contributed by atoms with Crippen LogP contribution in [-0.4, -0.2) is 51.1 Å². The SMILES string of the molecule is Cc1cc(/C=C2/SC(=O)N(CC(=O)N3CCC(C)CC3)C2=O)c(C)n1-c1ccc(Cl)cc1. The topological polar surface area (TPSA) is 62.6 Å². The van der Waals surface area contributed by atoms with Crippen LogP contribution in [0.5, 0.6) is 0 Å². The molecule has 3 amide bonds. The lowest BCUT2D eigenvalue weighted by atomic mass is 9.99. The molecule has 4 rings (SSSR count). The highest BCUT2D eigenvalue weighted by Gasteiger charge is 2.37. The molecular weight excluding hydrogens is 446 g/mol. The lowest BCUT2D eigenvalue weighted by Crippen LogP contribution is -2.45. The summed E-state index contributed by atoms with van der Waals surface area (Å²) in [6.45, 7) is 7.31. The van der Waals surface area contributed by atoms with E-state index in [1.807, 2.05) is 44.2 Å². The second-order valence-corrected chi connectivity index (χ2v) is 9.90. The molecule has 2 fully saturated rings. The molecule has 0 saturated carbocycles. The maximum Gasteiger partial charge on any atom is 0.294 e. The summed E-state index contributed by atoms with van der Waals surface area (Å²) in [5.74, 6) is 0.0301. The lowest BCUT2D eigenvalue weighted by molar-refractivity contribution is -0.136. The summed E-state index contributed by atoms with van der Waals surface area (Å²) >= 11 is 6.90. The third kappa shape index (κ3) is 4.50. The molecule has 2 aliphatic rings. The van der Waals surface area contributed by atoms with E-state index in [0.717, 1.165) is 52.1 Å². The molecule has 2 saturated heterocycles. The molecule has 8 heteroatoms. The average molecular weight is 472 g/mol. The number of nitrogens with zero attached hydrogens (tertiary/aromatic N) is 3. The lowest BCUT2D eigenvalue weighted by Gasteiger charge is -2.31. The number of piperidine rings is 1. The normalized spacial score (nSPS) is 18.8. The molecule has 3 heterocycles. The van der Waals surface area contributed by atoms with Crippen LogP contribution in [0.2, 0.25) is 5.02 Å². The summed E-state index contributed by atoms with van der Waals surface area (Å²) in [6, 6.07) is 9.53. The van der Waals surface area contributed by atoms with Gasteiger partial charge >= 0.3 is 0 Å². The van der Waals surface area contributed by atoms with Crippen molar-refractivity contribution in [3.05, 3.63) is 57.2 Å². The van der Waals surface area contributed by atoms with Crippen LogP contribution in [0.4, 0.5) is 4.79 Å². The fourth-order valence-electron chi connectivity index (χ4n) is 4.19. The van der Waals surface area contributed by atoms with Gasteiger partial charge in [0.15, 0.2) is 0 Å². The van der Waals surface area contributed by atoms with Crippen molar-refractivity contribution in [2.75, 3.05) is 19.6 Å². The van der Waals surface area contributed by atoms with Crippen LogP contribution < -0.4 is 0 Å². The fraction of sp³-hybridized carbons (Fsp3) is 0.375. The molecule has 168 valence electrons. The summed E-state index contributed by atoms with van der Waals surface area (Å²) in [6.07, 6.45) is 3.65. The summed E-state index contributed by atoms with van der Waals surface area (Å²) in [7, 11) is 0. The highest BCUT2D eigenvalue weighted by Crippen LogP contribution is 2.34. The van der Waals surface area contributed by atoms with E-state index in [1.54, 1.807) is 11.0 Å². The third-order valence-corrected chi connectivity index (χ3v) is 7.30. The van der Waals surface area contributed by atoms with Crippen molar-refractivity contribution < 1.29 is 14.4 Å². The summed E-state index contributed by atoms with van der Waals surface area (Å²) < 4.78 is 2.08. The number of aryl methyl sites for hydroxylation is 1. The van der Waals surface area contributed by atoms with Gasteiger partial charge < -0.3 is 9.47 Å². The highest BCUT2D eigenvalue weighted by atomic mass is 35.5. The first-order valence-corrected chi connectivity index (χ1v) is 11.9. The molecule has 0 bridgehead atoms. The number of imide groups is 1. The summed E-state index contributed by atoms with van der Waals surface area (Å²) in [5, 5.41) is 0.269. The van der Waals surface area contributed by atoms with Gasteiger partial charge in [0.05, 0.1) is 4.91 Å². The molecule has 0 spiro atoms. The number of halogens is 1. The van der Waals surface area contributed by atoms with E-state index in [9.17, 15) is 14.4 Å². The number of carbonyl (C=O) groups is 3. The van der Waals surface area contributed by atoms with Gasteiger partial charge in [-0.15, -0.1) is 0 Å². The number of hydrogen-bond donors (Lipinski definition) is 0. The van der Waals surface area contributed by atoms with Gasteiger partial charge in [0.1, 0.15) is 6.54 Å². The van der Waals surface area contributed by atoms with Crippen molar-refractivity contribution in [1.82, 2.24) is 14.4 Å². The molecule has 2 aliphatic heterocycles. The molecule has 2 aromatic rings. The first kappa shape index (κ1) is 22.7. The van der Waals surface area contributed by atoms with Gasteiger partial charge in [-0.05, 0) is 86.3 Å². The van der Waals surface area contributed by atoms with Crippen LogP contribution >= 0.6 is 23.4 Å². The first-order valence-electron chi connectivity index (χ1n) is 10.7. The number of aromatic nitrogens is 1. The Labute approximate surface area is 197 Å². The van der Waals surface area contributed by atoms with E-state index in [4.69, 9.17) is 11.6 Å². The smallest absolute Gasteiger partial charge is 0.294 e. The van der Waals surface area contributed by atoms with Crippen molar-refractivity contribution in [1.29, 1.82) is 0 Å². The van der Waals surface area contributed by atoms with Crippen molar-refractivity contribution >= 4 is 46.5 Å². The number of likely N-dealkylation sites (tertiary alicyclic amines) is 1. The number of thioether (sulfide) groups is 1. The molecule has 0 atom stereocenters. The van der Waals surface area contributed by atoms with Crippen LogP contribution in [0.25, 0.3) is 11.8 Å². The van der Waals surface area contributed by atoms with E-state index in [-0.39, 0.29) is 12.5 Å². The number of amides is 3. The predicted molar refractivity (Wildman–Crippen MR) is 128 cm³/mol. The zero-order valence-corrected chi connectivity index (χ0v) is 20.0. The van der Waals surface area contributed by atoms with Crippen molar-refractivity contribution in [3.8, 4) is 5.69 Å². The van der Waals surface area contributed by atoms with Crippen molar-refractivity contribution in [2.45, 2.75) is 33.6 Å². The zero-order valence-electron chi connectivity index (χ0n) is 18.4. The minimum atomic E-state index is -0.407. The highest BCUT2D eigenvalue weighted by molar-refractivity contribution is 8.18. The van der Waals surface area contributed by atoms with Gasteiger partial charge in [0.2, 0.25) is 5.91 Å². The van der Waals surface area contributed by atoms with Crippen LogP contribution in [0, 0.1) is 19.8 Å². The Kier molecular flexibility index (Phi) is 6.49. The number of rotatable bonds is 4. The molecule has 0 unspecified atom stereocenters. The largest absolute Gasteiger partial charge is 0.341 e. The van der Waals surface area contributed by atoms with E-state index in [0.29, 0.717) is 28.9 Å². The Balaban J connectivity index is 1.52. The van der Waals surface area contributed by atoms with E-state index < -0.39 is 11.1 Å². The second kappa shape index (κ2) is 9.16. The fourth-order valence-corrected chi connectivity index (χ4v) is 5.15. The maximum absolute atomic E-state index is 12.9. The monoisotopic (exact) mass is 471 g/mol. The molecular formula is C24H26ClN3O3S. The molecule has 1 aromatic heterocycles. The molecule has 0 radical (unpaired) electrons. The molecule has 0 aliphatic carbocycles.